The predicted octanol–water partition coefficient (Wildman–Crippen LogP) is 0.620. The summed E-state index contributed by atoms with van der Waals surface area (Å²) in [5.41, 5.74) is 0. The van der Waals surface area contributed by atoms with Gasteiger partial charge in [0.2, 0.25) is 0 Å². The SMILES string of the molecule is CC1CNCC1N1CCCC1CN(C)C. The van der Waals surface area contributed by atoms with Crippen LogP contribution in [0.25, 0.3) is 0 Å². The Balaban J connectivity index is 1.94. The van der Waals surface area contributed by atoms with E-state index in [9.17, 15) is 0 Å². The predicted molar refractivity (Wildman–Crippen MR) is 64.1 cm³/mol. The van der Waals surface area contributed by atoms with E-state index in [1.807, 2.05) is 0 Å². The molecule has 0 radical (unpaired) electrons. The Labute approximate surface area is 93.8 Å². The lowest BCUT2D eigenvalue weighted by Crippen LogP contribution is -2.46. The van der Waals surface area contributed by atoms with Crippen LogP contribution in [0.4, 0.5) is 0 Å². The zero-order valence-electron chi connectivity index (χ0n) is 10.4. The van der Waals surface area contributed by atoms with Gasteiger partial charge in [0.15, 0.2) is 0 Å². The number of nitrogens with zero attached hydrogens (tertiary/aromatic N) is 2. The van der Waals surface area contributed by atoms with Crippen LogP contribution in [0.5, 0.6) is 0 Å². The first-order valence-electron chi connectivity index (χ1n) is 6.29. The van der Waals surface area contributed by atoms with Crippen molar-refractivity contribution in [1.82, 2.24) is 15.1 Å². The molecular weight excluding hydrogens is 186 g/mol. The highest BCUT2D eigenvalue weighted by Gasteiger charge is 2.35. The summed E-state index contributed by atoms with van der Waals surface area (Å²) in [6, 6.07) is 1.59. The van der Waals surface area contributed by atoms with E-state index in [0.29, 0.717) is 0 Å². The fourth-order valence-corrected chi connectivity index (χ4v) is 3.15. The van der Waals surface area contributed by atoms with E-state index >= 15 is 0 Å². The maximum Gasteiger partial charge on any atom is 0.0261 e. The fraction of sp³-hybridized carbons (Fsp3) is 1.00. The summed E-state index contributed by atoms with van der Waals surface area (Å²) in [7, 11) is 4.37. The Morgan fingerprint density at radius 3 is 2.73 bits per heavy atom. The van der Waals surface area contributed by atoms with Crippen LogP contribution >= 0.6 is 0 Å². The van der Waals surface area contributed by atoms with Crippen LogP contribution in [0, 0.1) is 5.92 Å². The monoisotopic (exact) mass is 211 g/mol. The third kappa shape index (κ3) is 2.52. The summed E-state index contributed by atoms with van der Waals surface area (Å²) >= 11 is 0. The highest BCUT2D eigenvalue weighted by Crippen LogP contribution is 2.25. The third-order valence-corrected chi connectivity index (χ3v) is 3.90. The first-order chi connectivity index (χ1) is 7.18. The van der Waals surface area contributed by atoms with Gasteiger partial charge in [0.05, 0.1) is 0 Å². The van der Waals surface area contributed by atoms with Crippen molar-refractivity contribution in [3.63, 3.8) is 0 Å². The molecule has 0 spiro atoms. The van der Waals surface area contributed by atoms with E-state index in [-0.39, 0.29) is 0 Å². The summed E-state index contributed by atoms with van der Waals surface area (Å²) in [5.74, 6) is 0.827. The largest absolute Gasteiger partial charge is 0.315 e. The molecule has 3 nitrogen and oxygen atoms in total. The molecule has 88 valence electrons. The highest BCUT2D eigenvalue weighted by atomic mass is 15.3. The van der Waals surface area contributed by atoms with Gasteiger partial charge in [-0.15, -0.1) is 0 Å². The van der Waals surface area contributed by atoms with Gasteiger partial charge < -0.3 is 10.2 Å². The van der Waals surface area contributed by atoms with Crippen molar-refractivity contribution in [2.45, 2.75) is 31.8 Å². The van der Waals surface area contributed by atoms with Crippen LogP contribution in [-0.2, 0) is 0 Å². The van der Waals surface area contributed by atoms with Crippen LogP contribution in [0.1, 0.15) is 19.8 Å². The van der Waals surface area contributed by atoms with Gasteiger partial charge >= 0.3 is 0 Å². The third-order valence-electron chi connectivity index (χ3n) is 3.90. The van der Waals surface area contributed by atoms with E-state index in [0.717, 1.165) is 18.0 Å². The second-order valence-corrected chi connectivity index (χ2v) is 5.50. The molecule has 0 aliphatic carbocycles. The van der Waals surface area contributed by atoms with Crippen molar-refractivity contribution in [3.05, 3.63) is 0 Å². The lowest BCUT2D eigenvalue weighted by molar-refractivity contribution is 0.139. The Hall–Kier alpha value is -0.120. The van der Waals surface area contributed by atoms with Gasteiger partial charge in [0, 0.05) is 25.2 Å². The summed E-state index contributed by atoms with van der Waals surface area (Å²) in [5, 5.41) is 3.52. The molecule has 0 aromatic heterocycles. The molecule has 3 atom stereocenters. The Kier molecular flexibility index (Phi) is 3.65. The first kappa shape index (κ1) is 11.4. The molecule has 0 aromatic carbocycles. The molecule has 2 aliphatic heterocycles. The lowest BCUT2D eigenvalue weighted by atomic mass is 10.0. The molecule has 2 aliphatic rings. The topological polar surface area (TPSA) is 18.5 Å². The minimum Gasteiger partial charge on any atom is -0.315 e. The number of rotatable bonds is 3. The van der Waals surface area contributed by atoms with Crippen LogP contribution < -0.4 is 5.32 Å². The van der Waals surface area contributed by atoms with E-state index in [4.69, 9.17) is 0 Å². The van der Waals surface area contributed by atoms with Gasteiger partial charge in [-0.25, -0.2) is 0 Å². The average molecular weight is 211 g/mol. The van der Waals surface area contributed by atoms with Gasteiger partial charge in [-0.1, -0.05) is 6.92 Å². The normalized spacial score (nSPS) is 38.0. The number of nitrogens with one attached hydrogen (secondary N) is 1. The van der Waals surface area contributed by atoms with E-state index < -0.39 is 0 Å². The number of likely N-dealkylation sites (tertiary alicyclic amines) is 1. The van der Waals surface area contributed by atoms with Crippen LogP contribution in [-0.4, -0.2) is 62.2 Å². The average Bonchev–Trinajstić information content (AvgIpc) is 2.73. The maximum atomic E-state index is 3.52. The zero-order valence-corrected chi connectivity index (χ0v) is 10.4. The van der Waals surface area contributed by atoms with Crippen LogP contribution in [0.2, 0.25) is 0 Å². The Morgan fingerprint density at radius 1 is 1.33 bits per heavy atom. The second kappa shape index (κ2) is 4.81. The minimum absolute atomic E-state index is 0.789. The fourth-order valence-electron chi connectivity index (χ4n) is 3.15. The van der Waals surface area contributed by atoms with Crippen molar-refractivity contribution in [2.24, 2.45) is 5.92 Å². The molecule has 0 bridgehead atoms. The quantitative estimate of drug-likeness (QED) is 0.738. The molecular formula is C12H25N3. The molecule has 3 unspecified atom stereocenters. The van der Waals surface area contributed by atoms with Gasteiger partial charge in [0.25, 0.3) is 0 Å². The molecule has 3 heteroatoms. The van der Waals surface area contributed by atoms with E-state index in [1.54, 1.807) is 0 Å². The second-order valence-electron chi connectivity index (χ2n) is 5.50. The maximum absolute atomic E-state index is 3.52. The first-order valence-corrected chi connectivity index (χ1v) is 6.29. The minimum atomic E-state index is 0.789. The van der Waals surface area contributed by atoms with Crippen molar-refractivity contribution < 1.29 is 0 Å². The van der Waals surface area contributed by atoms with Gasteiger partial charge in [-0.3, -0.25) is 4.90 Å². The highest BCUT2D eigenvalue weighted by molar-refractivity contribution is 4.93. The van der Waals surface area contributed by atoms with Crippen molar-refractivity contribution in [2.75, 3.05) is 40.3 Å². The molecule has 0 amide bonds. The number of likely N-dealkylation sites (N-methyl/N-ethyl adjacent to an activating group) is 1. The molecule has 2 fully saturated rings. The zero-order chi connectivity index (χ0) is 10.8. The molecule has 2 heterocycles. The van der Waals surface area contributed by atoms with Crippen LogP contribution in [0.3, 0.4) is 0 Å². The van der Waals surface area contributed by atoms with Crippen molar-refractivity contribution >= 4 is 0 Å². The lowest BCUT2D eigenvalue weighted by Gasteiger charge is -2.34. The summed E-state index contributed by atoms with van der Waals surface area (Å²) < 4.78 is 0. The smallest absolute Gasteiger partial charge is 0.0261 e. The van der Waals surface area contributed by atoms with E-state index in [2.05, 4.69) is 36.1 Å². The van der Waals surface area contributed by atoms with Crippen LogP contribution in [0.15, 0.2) is 0 Å². The van der Waals surface area contributed by atoms with Crippen molar-refractivity contribution in [3.8, 4) is 0 Å². The van der Waals surface area contributed by atoms with Crippen molar-refractivity contribution in [1.29, 1.82) is 0 Å². The summed E-state index contributed by atoms with van der Waals surface area (Å²) in [6.45, 7) is 7.33. The molecule has 15 heavy (non-hydrogen) atoms. The molecule has 0 saturated carbocycles. The van der Waals surface area contributed by atoms with E-state index in [1.165, 1.54) is 39.0 Å². The van der Waals surface area contributed by atoms with Gasteiger partial charge in [-0.2, -0.15) is 0 Å². The Bertz CT molecular complexity index is 205. The molecule has 1 N–H and O–H groups in total. The summed E-state index contributed by atoms with van der Waals surface area (Å²) in [4.78, 5) is 5.08. The molecule has 2 rings (SSSR count). The standard InChI is InChI=1S/C12H25N3/c1-10-7-13-8-12(10)15-6-4-5-11(15)9-14(2)3/h10-13H,4-9H2,1-3H3. The Morgan fingerprint density at radius 2 is 2.13 bits per heavy atom. The molecule has 2 saturated heterocycles. The van der Waals surface area contributed by atoms with Gasteiger partial charge in [-0.05, 0) is 45.9 Å². The number of hydrogen-bond donors (Lipinski definition) is 1. The molecule has 0 aromatic rings. The number of hydrogen-bond acceptors (Lipinski definition) is 3. The summed E-state index contributed by atoms with van der Waals surface area (Å²) in [6.07, 6.45) is 2.78. The van der Waals surface area contributed by atoms with Gasteiger partial charge in [0.1, 0.15) is 0 Å².